The molecule has 59 heavy (non-hydrogen) atoms. The molecule has 8 rings (SSSR count). The molecule has 10 nitrogen and oxygen atoms in total. The average molecular weight is 832 g/mol. The second kappa shape index (κ2) is 19.4. The number of nitrogens with zero attached hydrogens (tertiary/aromatic N) is 1. The molecule has 304 valence electrons. The van der Waals surface area contributed by atoms with E-state index in [9.17, 15) is 4.57 Å². The van der Waals surface area contributed by atoms with Gasteiger partial charge < -0.3 is 18.5 Å². The van der Waals surface area contributed by atoms with Crippen LogP contribution in [0, 0.1) is 0 Å². The van der Waals surface area contributed by atoms with E-state index in [1.54, 1.807) is 14.2 Å². The average Bonchev–Trinajstić information content (AvgIpc) is 3.29. The second-order valence-electron chi connectivity index (χ2n) is 14.3. The van der Waals surface area contributed by atoms with Crippen molar-refractivity contribution < 1.29 is 41.2 Å². The number of ether oxygens (including phenoxy) is 2. The van der Waals surface area contributed by atoms with Crippen molar-refractivity contribution in [1.29, 1.82) is 0 Å². The number of methoxy groups -OCH3 is 2. The summed E-state index contributed by atoms with van der Waals surface area (Å²) in [4.78, 5) is 2.44. The second-order valence-corrected chi connectivity index (χ2v) is 17.0. The first-order valence-corrected chi connectivity index (χ1v) is 22.1. The fraction of sp³-hybridized carbons (Fsp3) is 0.234. The zero-order chi connectivity index (χ0) is 40.4. The molecule has 0 saturated carbocycles. The Kier molecular flexibility index (Phi) is 13.4. The van der Waals surface area contributed by atoms with Gasteiger partial charge in [-0.3, -0.25) is 23.0 Å². The molecule has 0 N–H and O–H groups in total. The lowest BCUT2D eigenvalue weighted by molar-refractivity contribution is 0.141. The summed E-state index contributed by atoms with van der Waals surface area (Å²) in [7, 11) is -2.69. The maximum Gasteiger partial charge on any atom is 0.530 e. The Morgan fingerprint density at radius 3 is 1.68 bits per heavy atom. The Balaban J connectivity index is 1.04. The minimum atomic E-state index is -4.15. The highest BCUT2D eigenvalue weighted by Gasteiger charge is 2.37. The number of fused-ring (bicyclic) bond motifs is 4. The van der Waals surface area contributed by atoms with E-state index >= 15 is 0 Å². The highest BCUT2D eigenvalue weighted by Crippen LogP contribution is 2.55. The van der Waals surface area contributed by atoms with Crippen molar-refractivity contribution in [2.75, 3.05) is 20.8 Å². The van der Waals surface area contributed by atoms with Crippen molar-refractivity contribution in [2.24, 2.45) is 0 Å². The van der Waals surface area contributed by atoms with Gasteiger partial charge in [0.1, 0.15) is 0 Å². The minimum absolute atomic E-state index is 0.0198. The van der Waals surface area contributed by atoms with Crippen molar-refractivity contribution >= 4 is 16.4 Å². The van der Waals surface area contributed by atoms with Crippen LogP contribution in [0.15, 0.2) is 146 Å². The van der Waals surface area contributed by atoms with E-state index in [1.165, 1.54) is 0 Å². The Bertz CT molecular complexity index is 2240. The molecular weight excluding hydrogens is 784 g/mol. The minimum Gasteiger partial charge on any atom is -0.493 e. The van der Waals surface area contributed by atoms with Gasteiger partial charge in [0.2, 0.25) is 0 Å². The molecule has 0 bridgehead atoms. The van der Waals surface area contributed by atoms with E-state index in [1.807, 2.05) is 140 Å². The Labute approximate surface area is 347 Å². The maximum absolute atomic E-state index is 14.4. The van der Waals surface area contributed by atoms with Crippen LogP contribution < -0.4 is 18.5 Å². The third kappa shape index (κ3) is 10.2. The summed E-state index contributed by atoms with van der Waals surface area (Å²) >= 11 is 0. The normalized spacial score (nSPS) is 14.9. The highest BCUT2D eigenvalue weighted by atomic mass is 31.2. The van der Waals surface area contributed by atoms with Crippen molar-refractivity contribution in [3.8, 4) is 23.0 Å². The SMILES string of the molecule is COc1cc2c(cc1OP(=O)(OCc1ccccc1)OCc1ccccc1)C1Cc3ccc(OP(OCc4ccccc4)OCc4ccccc4)c(OC)c3CN1CC2. The molecule has 0 saturated heterocycles. The van der Waals surface area contributed by atoms with Gasteiger partial charge in [0.25, 0.3) is 0 Å². The Hall–Kier alpha value is -5.02. The molecule has 0 amide bonds. The van der Waals surface area contributed by atoms with E-state index in [0.717, 1.165) is 57.5 Å². The van der Waals surface area contributed by atoms with E-state index in [0.29, 0.717) is 49.2 Å². The quantitative estimate of drug-likeness (QED) is 0.0779. The van der Waals surface area contributed by atoms with Crippen molar-refractivity contribution in [1.82, 2.24) is 4.90 Å². The first kappa shape index (κ1) is 40.7. The van der Waals surface area contributed by atoms with Crippen molar-refractivity contribution in [3.63, 3.8) is 0 Å². The molecule has 2 aliphatic heterocycles. The molecule has 0 aromatic heterocycles. The van der Waals surface area contributed by atoms with Gasteiger partial charge >= 0.3 is 16.4 Å². The van der Waals surface area contributed by atoms with Gasteiger partial charge in [-0.05, 0) is 70.0 Å². The third-order valence-electron chi connectivity index (χ3n) is 10.4. The predicted molar refractivity (Wildman–Crippen MR) is 227 cm³/mol. The summed E-state index contributed by atoms with van der Waals surface area (Å²) in [5.41, 5.74) is 8.15. The van der Waals surface area contributed by atoms with Gasteiger partial charge in [-0.15, -0.1) is 0 Å². The van der Waals surface area contributed by atoms with E-state index in [2.05, 4.69) is 11.0 Å². The molecule has 1 atom stereocenters. The summed E-state index contributed by atoms with van der Waals surface area (Å²) < 4.78 is 63.6. The van der Waals surface area contributed by atoms with Crippen LogP contribution in [-0.2, 0) is 68.5 Å². The van der Waals surface area contributed by atoms with E-state index in [-0.39, 0.29) is 19.3 Å². The van der Waals surface area contributed by atoms with E-state index < -0.39 is 16.4 Å². The first-order chi connectivity index (χ1) is 29.0. The molecule has 2 heterocycles. The van der Waals surface area contributed by atoms with Crippen LogP contribution >= 0.6 is 16.4 Å². The number of phosphoric acid groups is 1. The fourth-order valence-electron chi connectivity index (χ4n) is 7.38. The van der Waals surface area contributed by atoms with Gasteiger partial charge in [0, 0.05) is 24.7 Å². The fourth-order valence-corrected chi connectivity index (χ4v) is 9.55. The van der Waals surface area contributed by atoms with E-state index in [4.69, 9.17) is 36.6 Å². The van der Waals surface area contributed by atoms with Crippen LogP contribution in [0.2, 0.25) is 0 Å². The van der Waals surface area contributed by atoms with Crippen LogP contribution in [0.25, 0.3) is 0 Å². The number of hydrogen-bond donors (Lipinski definition) is 0. The molecule has 1 unspecified atom stereocenters. The maximum atomic E-state index is 14.4. The van der Waals surface area contributed by atoms with Gasteiger partial charge in [0.15, 0.2) is 23.0 Å². The van der Waals surface area contributed by atoms with Gasteiger partial charge in [0.05, 0.1) is 40.6 Å². The standard InChI is InChI=1S/C47H47NO9P2/c1-50-45-28-40-25-26-48-30-42-39(23-24-44(47(42)51-2)56-58(52-31-35-15-7-3-8-16-35)53-32-36-17-9-4-10-18-36)27-43(48)41(40)29-46(45)57-59(49,54-33-37-19-11-5-12-20-37)55-34-38-21-13-6-14-22-38/h3-24,28-29,43H,25-27,30-34H2,1-2H3. The van der Waals surface area contributed by atoms with Crippen LogP contribution in [-0.4, -0.2) is 25.7 Å². The Morgan fingerprint density at radius 1 is 0.610 bits per heavy atom. The summed E-state index contributed by atoms with van der Waals surface area (Å²) in [6.07, 6.45) is 1.50. The molecule has 0 aliphatic carbocycles. The summed E-state index contributed by atoms with van der Waals surface area (Å²) in [6.45, 7) is 2.22. The third-order valence-corrected chi connectivity index (χ3v) is 12.7. The van der Waals surface area contributed by atoms with Crippen LogP contribution in [0.4, 0.5) is 0 Å². The lowest BCUT2D eigenvalue weighted by Crippen LogP contribution is -2.39. The molecule has 0 spiro atoms. The number of rotatable bonds is 18. The summed E-state index contributed by atoms with van der Waals surface area (Å²) in [6, 6.07) is 47.0. The zero-order valence-corrected chi connectivity index (χ0v) is 34.9. The molecule has 2 aliphatic rings. The topological polar surface area (TPSA) is 94.2 Å². The van der Waals surface area contributed by atoms with Crippen LogP contribution in [0.5, 0.6) is 23.0 Å². The lowest BCUT2D eigenvalue weighted by Gasteiger charge is -2.42. The van der Waals surface area contributed by atoms with Crippen LogP contribution in [0.3, 0.4) is 0 Å². The van der Waals surface area contributed by atoms with Crippen LogP contribution in [0.1, 0.15) is 50.5 Å². The smallest absolute Gasteiger partial charge is 0.493 e. The number of hydrogen-bond acceptors (Lipinski definition) is 10. The molecular formula is C47H47NO9P2. The lowest BCUT2D eigenvalue weighted by atomic mass is 9.83. The van der Waals surface area contributed by atoms with Gasteiger partial charge in [-0.2, -0.15) is 0 Å². The summed E-state index contributed by atoms with van der Waals surface area (Å²) in [5, 5.41) is 0. The van der Waals surface area contributed by atoms with Gasteiger partial charge in [-0.1, -0.05) is 127 Å². The van der Waals surface area contributed by atoms with Crippen molar-refractivity contribution in [2.45, 2.75) is 51.9 Å². The summed E-state index contributed by atoms with van der Waals surface area (Å²) in [5.74, 6) is 1.99. The molecule has 0 fully saturated rings. The number of phosphoric ester groups is 1. The molecule has 6 aromatic rings. The molecule has 6 aromatic carbocycles. The molecule has 0 radical (unpaired) electrons. The zero-order valence-electron chi connectivity index (χ0n) is 33.1. The molecule has 12 heteroatoms. The largest absolute Gasteiger partial charge is 0.530 e. The highest BCUT2D eigenvalue weighted by molar-refractivity contribution is 7.48. The first-order valence-electron chi connectivity index (χ1n) is 19.6. The monoisotopic (exact) mass is 831 g/mol. The van der Waals surface area contributed by atoms with Crippen molar-refractivity contribution in [3.05, 3.63) is 190 Å². The van der Waals surface area contributed by atoms with Gasteiger partial charge in [-0.25, -0.2) is 4.57 Å². The Morgan fingerprint density at radius 2 is 1.15 bits per heavy atom. The number of benzene rings is 6. The predicted octanol–water partition coefficient (Wildman–Crippen LogP) is 11.3.